The van der Waals surface area contributed by atoms with Crippen molar-refractivity contribution in [1.82, 2.24) is 15.5 Å². The fourth-order valence-electron chi connectivity index (χ4n) is 3.29. The van der Waals surface area contributed by atoms with E-state index in [1.54, 1.807) is 0 Å². The molecule has 0 aromatic carbocycles. The molecule has 0 bridgehead atoms. The molecule has 0 spiro atoms. The molecule has 2 aliphatic rings. The summed E-state index contributed by atoms with van der Waals surface area (Å²) >= 11 is 0. The predicted octanol–water partition coefficient (Wildman–Crippen LogP) is 2.51. The summed E-state index contributed by atoms with van der Waals surface area (Å²) in [5, 5.41) is 7.29. The Bertz CT molecular complexity index is 346. The summed E-state index contributed by atoms with van der Waals surface area (Å²) in [6.07, 6.45) is 6.82. The van der Waals surface area contributed by atoms with Crippen LogP contribution in [0.1, 0.15) is 59.3 Å². The maximum absolute atomic E-state index is 12.2. The third kappa shape index (κ3) is 6.13. The van der Waals surface area contributed by atoms with Crippen molar-refractivity contribution in [3.05, 3.63) is 0 Å². The second kappa shape index (κ2) is 8.16. The van der Waals surface area contributed by atoms with Crippen LogP contribution in [0.25, 0.3) is 0 Å². The van der Waals surface area contributed by atoms with Crippen molar-refractivity contribution in [2.24, 2.45) is 0 Å². The lowest BCUT2D eigenvalue weighted by Gasteiger charge is -2.27. The molecule has 2 fully saturated rings. The molecule has 128 valence electrons. The second-order valence-corrected chi connectivity index (χ2v) is 7.64. The van der Waals surface area contributed by atoms with Crippen molar-refractivity contribution in [1.29, 1.82) is 0 Å². The van der Waals surface area contributed by atoms with E-state index in [4.69, 9.17) is 4.74 Å². The lowest BCUT2D eigenvalue weighted by molar-refractivity contribution is 0.0256. The molecule has 2 aliphatic heterocycles. The molecule has 1 amide bonds. The molecule has 5 nitrogen and oxygen atoms in total. The summed E-state index contributed by atoms with van der Waals surface area (Å²) < 4.78 is 5.49. The van der Waals surface area contributed by atoms with Gasteiger partial charge in [0.25, 0.3) is 0 Å². The van der Waals surface area contributed by atoms with Crippen LogP contribution in [-0.2, 0) is 4.74 Å². The van der Waals surface area contributed by atoms with E-state index in [1.165, 1.54) is 19.3 Å². The fourth-order valence-corrected chi connectivity index (χ4v) is 3.29. The molecule has 0 aliphatic carbocycles. The average Bonchev–Trinajstić information content (AvgIpc) is 2.80. The summed E-state index contributed by atoms with van der Waals surface area (Å²) in [5.74, 6) is 0. The smallest absolute Gasteiger partial charge is 0.410 e. The summed E-state index contributed by atoms with van der Waals surface area (Å²) in [6.45, 7) is 9.66. The number of hydrogen-bond donors (Lipinski definition) is 2. The minimum Gasteiger partial charge on any atom is -0.444 e. The number of hydrogen-bond acceptors (Lipinski definition) is 4. The van der Waals surface area contributed by atoms with Crippen LogP contribution >= 0.6 is 0 Å². The van der Waals surface area contributed by atoms with Crippen LogP contribution in [0.4, 0.5) is 4.79 Å². The largest absolute Gasteiger partial charge is 0.444 e. The minimum atomic E-state index is -0.408. The van der Waals surface area contributed by atoms with Gasteiger partial charge in [0, 0.05) is 25.2 Å². The van der Waals surface area contributed by atoms with Crippen LogP contribution in [0.15, 0.2) is 0 Å². The van der Waals surface area contributed by atoms with Gasteiger partial charge in [-0.15, -0.1) is 0 Å². The molecular weight excluding hydrogens is 278 g/mol. The molecule has 2 saturated heterocycles. The van der Waals surface area contributed by atoms with Gasteiger partial charge in [-0.05, 0) is 72.4 Å². The van der Waals surface area contributed by atoms with Crippen molar-refractivity contribution in [2.45, 2.75) is 77.0 Å². The van der Waals surface area contributed by atoms with Crippen LogP contribution in [0.2, 0.25) is 0 Å². The van der Waals surface area contributed by atoms with Gasteiger partial charge in [0.2, 0.25) is 0 Å². The fraction of sp³-hybridized carbons (Fsp3) is 0.941. The van der Waals surface area contributed by atoms with E-state index in [0.29, 0.717) is 12.1 Å². The standard InChI is InChI=1S/C17H33N3O2/c1-17(2,3)22-16(21)20-12-5-7-15(9-13-20)19-14-6-4-10-18-11-8-14/h14-15,18-19H,4-13H2,1-3H3. The summed E-state index contributed by atoms with van der Waals surface area (Å²) in [7, 11) is 0. The van der Waals surface area contributed by atoms with Gasteiger partial charge in [0.15, 0.2) is 0 Å². The Labute approximate surface area is 135 Å². The molecule has 0 saturated carbocycles. The van der Waals surface area contributed by atoms with E-state index in [-0.39, 0.29) is 6.09 Å². The predicted molar refractivity (Wildman–Crippen MR) is 89.1 cm³/mol. The lowest BCUT2D eigenvalue weighted by atomic mass is 10.0. The van der Waals surface area contributed by atoms with Gasteiger partial charge < -0.3 is 20.3 Å². The quantitative estimate of drug-likeness (QED) is 0.823. The highest BCUT2D eigenvalue weighted by molar-refractivity contribution is 5.68. The Balaban J connectivity index is 1.78. The molecular formula is C17H33N3O2. The van der Waals surface area contributed by atoms with Gasteiger partial charge in [-0.1, -0.05) is 0 Å². The average molecular weight is 311 g/mol. The van der Waals surface area contributed by atoms with Crippen LogP contribution in [0.3, 0.4) is 0 Å². The Morgan fingerprint density at radius 1 is 1.05 bits per heavy atom. The lowest BCUT2D eigenvalue weighted by Crippen LogP contribution is -2.40. The summed E-state index contributed by atoms with van der Waals surface area (Å²) in [6, 6.07) is 1.17. The highest BCUT2D eigenvalue weighted by Crippen LogP contribution is 2.17. The Kier molecular flexibility index (Phi) is 6.50. The molecule has 0 aromatic rings. The van der Waals surface area contributed by atoms with Crippen LogP contribution in [-0.4, -0.2) is 54.9 Å². The van der Waals surface area contributed by atoms with E-state index in [0.717, 1.165) is 45.4 Å². The second-order valence-electron chi connectivity index (χ2n) is 7.64. The zero-order valence-corrected chi connectivity index (χ0v) is 14.5. The highest BCUT2D eigenvalue weighted by Gasteiger charge is 2.26. The summed E-state index contributed by atoms with van der Waals surface area (Å²) in [5.41, 5.74) is -0.408. The normalized spacial score (nSPS) is 27.9. The van der Waals surface area contributed by atoms with Gasteiger partial charge in [-0.25, -0.2) is 4.79 Å². The third-order valence-electron chi connectivity index (χ3n) is 4.43. The first-order chi connectivity index (χ1) is 10.4. The Morgan fingerprint density at radius 3 is 2.55 bits per heavy atom. The first-order valence-corrected chi connectivity index (χ1v) is 8.89. The number of likely N-dealkylation sites (tertiary alicyclic amines) is 1. The number of nitrogens with one attached hydrogen (secondary N) is 2. The number of rotatable bonds is 2. The van der Waals surface area contributed by atoms with Gasteiger partial charge in [0.1, 0.15) is 5.60 Å². The highest BCUT2D eigenvalue weighted by atomic mass is 16.6. The molecule has 2 rings (SSSR count). The Morgan fingerprint density at radius 2 is 1.77 bits per heavy atom. The van der Waals surface area contributed by atoms with Gasteiger partial charge in [-0.2, -0.15) is 0 Å². The first-order valence-electron chi connectivity index (χ1n) is 8.89. The topological polar surface area (TPSA) is 53.6 Å². The van der Waals surface area contributed by atoms with Crippen LogP contribution in [0, 0.1) is 0 Å². The number of nitrogens with zero attached hydrogens (tertiary/aromatic N) is 1. The molecule has 5 heteroatoms. The molecule has 2 atom stereocenters. The monoisotopic (exact) mass is 311 g/mol. The van der Waals surface area contributed by atoms with E-state index in [2.05, 4.69) is 10.6 Å². The zero-order chi connectivity index (χ0) is 16.0. The number of carbonyl (C=O) groups is 1. The van der Waals surface area contributed by atoms with Crippen molar-refractivity contribution in [3.8, 4) is 0 Å². The zero-order valence-electron chi connectivity index (χ0n) is 14.5. The summed E-state index contributed by atoms with van der Waals surface area (Å²) in [4.78, 5) is 14.1. The van der Waals surface area contributed by atoms with Crippen LogP contribution in [0.5, 0.6) is 0 Å². The molecule has 2 heterocycles. The molecule has 2 unspecified atom stereocenters. The number of carbonyl (C=O) groups excluding carboxylic acids is 1. The maximum Gasteiger partial charge on any atom is 0.410 e. The number of ether oxygens (including phenoxy) is 1. The van der Waals surface area contributed by atoms with E-state index in [9.17, 15) is 4.79 Å². The molecule has 0 aromatic heterocycles. The SMILES string of the molecule is CC(C)(C)OC(=O)N1CCCC(NC2CCCNCC2)CC1. The van der Waals surface area contributed by atoms with Crippen molar-refractivity contribution < 1.29 is 9.53 Å². The van der Waals surface area contributed by atoms with Crippen molar-refractivity contribution in [3.63, 3.8) is 0 Å². The molecule has 2 N–H and O–H groups in total. The van der Waals surface area contributed by atoms with Crippen molar-refractivity contribution in [2.75, 3.05) is 26.2 Å². The minimum absolute atomic E-state index is 0.160. The maximum atomic E-state index is 12.2. The van der Waals surface area contributed by atoms with Gasteiger partial charge in [-0.3, -0.25) is 0 Å². The number of amides is 1. The van der Waals surface area contributed by atoms with Crippen molar-refractivity contribution >= 4 is 6.09 Å². The third-order valence-corrected chi connectivity index (χ3v) is 4.43. The van der Waals surface area contributed by atoms with Gasteiger partial charge >= 0.3 is 6.09 Å². The van der Waals surface area contributed by atoms with E-state index < -0.39 is 5.60 Å². The van der Waals surface area contributed by atoms with E-state index in [1.807, 2.05) is 25.7 Å². The van der Waals surface area contributed by atoms with Gasteiger partial charge in [0.05, 0.1) is 0 Å². The molecule has 0 radical (unpaired) electrons. The van der Waals surface area contributed by atoms with E-state index >= 15 is 0 Å². The first kappa shape index (κ1) is 17.5. The molecule has 22 heavy (non-hydrogen) atoms. The van der Waals surface area contributed by atoms with Crippen LogP contribution < -0.4 is 10.6 Å². The Hall–Kier alpha value is -0.810.